The average Bonchev–Trinajstić information content (AvgIpc) is 2.85. The van der Waals surface area contributed by atoms with Crippen molar-refractivity contribution in [2.75, 3.05) is 13.0 Å². The van der Waals surface area contributed by atoms with Crippen molar-refractivity contribution in [1.82, 2.24) is 15.0 Å². The van der Waals surface area contributed by atoms with Crippen LogP contribution < -0.4 is 4.74 Å². The molecule has 0 radical (unpaired) electrons. The number of benzene rings is 1. The molecule has 0 spiro atoms. The molecule has 0 atom stereocenters. The third kappa shape index (κ3) is 3.47. The number of hydrogen-bond acceptors (Lipinski definition) is 3. The van der Waals surface area contributed by atoms with E-state index in [1.807, 2.05) is 35.1 Å². The van der Waals surface area contributed by atoms with Crippen molar-refractivity contribution >= 4 is 11.6 Å². The van der Waals surface area contributed by atoms with Gasteiger partial charge >= 0.3 is 0 Å². The predicted octanol–water partition coefficient (Wildman–Crippen LogP) is 2.51. The van der Waals surface area contributed by atoms with E-state index in [4.69, 9.17) is 16.3 Å². The van der Waals surface area contributed by atoms with Crippen LogP contribution in [-0.4, -0.2) is 28.0 Å². The fourth-order valence-corrected chi connectivity index (χ4v) is 1.83. The molecule has 0 aliphatic carbocycles. The summed E-state index contributed by atoms with van der Waals surface area (Å²) in [5, 5.41) is 8.21. The summed E-state index contributed by atoms with van der Waals surface area (Å²) in [6, 6.07) is 7.94. The summed E-state index contributed by atoms with van der Waals surface area (Å²) in [6.07, 6.45) is 3.78. The SMILES string of the molecule is COc1ccc(Cn2cc(CCCCl)nn2)cc1. The van der Waals surface area contributed by atoms with Gasteiger partial charge in [0.2, 0.25) is 0 Å². The molecule has 2 aromatic rings. The molecule has 0 aliphatic rings. The van der Waals surface area contributed by atoms with Crippen LogP contribution in [0, 0.1) is 0 Å². The highest BCUT2D eigenvalue weighted by Gasteiger charge is 2.01. The molecule has 0 unspecified atom stereocenters. The molecule has 0 fully saturated rings. The van der Waals surface area contributed by atoms with E-state index in [9.17, 15) is 0 Å². The van der Waals surface area contributed by atoms with E-state index in [0.717, 1.165) is 30.8 Å². The van der Waals surface area contributed by atoms with Crippen LogP contribution in [0.15, 0.2) is 30.5 Å². The number of ether oxygens (including phenoxy) is 1. The largest absolute Gasteiger partial charge is 0.497 e. The number of halogens is 1. The highest BCUT2D eigenvalue weighted by atomic mass is 35.5. The van der Waals surface area contributed by atoms with E-state index in [1.54, 1.807) is 7.11 Å². The van der Waals surface area contributed by atoms with Gasteiger partial charge in [-0.2, -0.15) is 0 Å². The second-order valence-corrected chi connectivity index (χ2v) is 4.43. The van der Waals surface area contributed by atoms with Crippen molar-refractivity contribution in [2.45, 2.75) is 19.4 Å². The Bertz CT molecular complexity index is 481. The molecule has 2 rings (SSSR count). The summed E-state index contributed by atoms with van der Waals surface area (Å²) in [5.41, 5.74) is 2.16. The highest BCUT2D eigenvalue weighted by molar-refractivity contribution is 6.17. The summed E-state index contributed by atoms with van der Waals surface area (Å²) < 4.78 is 6.96. The molecule has 0 aliphatic heterocycles. The van der Waals surface area contributed by atoms with Crippen LogP contribution in [0.1, 0.15) is 17.7 Å². The van der Waals surface area contributed by atoms with Gasteiger partial charge in [0.25, 0.3) is 0 Å². The van der Waals surface area contributed by atoms with Gasteiger partial charge < -0.3 is 4.74 Å². The van der Waals surface area contributed by atoms with Gasteiger partial charge in [0.05, 0.1) is 19.3 Å². The van der Waals surface area contributed by atoms with Crippen LogP contribution in [-0.2, 0) is 13.0 Å². The minimum absolute atomic E-state index is 0.658. The summed E-state index contributed by atoms with van der Waals surface area (Å²) >= 11 is 5.65. The van der Waals surface area contributed by atoms with Crippen LogP contribution >= 0.6 is 11.6 Å². The number of methoxy groups -OCH3 is 1. The van der Waals surface area contributed by atoms with Gasteiger partial charge in [-0.15, -0.1) is 16.7 Å². The van der Waals surface area contributed by atoms with Gasteiger partial charge in [-0.3, -0.25) is 0 Å². The minimum Gasteiger partial charge on any atom is -0.497 e. The summed E-state index contributed by atoms with van der Waals surface area (Å²) in [6.45, 7) is 0.720. The molecular formula is C13H16ClN3O. The average molecular weight is 266 g/mol. The molecule has 0 amide bonds. The Morgan fingerprint density at radius 1 is 1.28 bits per heavy atom. The lowest BCUT2D eigenvalue weighted by molar-refractivity contribution is 0.414. The molecule has 0 N–H and O–H groups in total. The first-order chi connectivity index (χ1) is 8.81. The molecular weight excluding hydrogens is 250 g/mol. The van der Waals surface area contributed by atoms with Gasteiger partial charge in [0.15, 0.2) is 0 Å². The Morgan fingerprint density at radius 2 is 2.06 bits per heavy atom. The molecule has 96 valence electrons. The third-order valence-electron chi connectivity index (χ3n) is 2.66. The predicted molar refractivity (Wildman–Crippen MR) is 71.2 cm³/mol. The fourth-order valence-electron chi connectivity index (χ4n) is 1.70. The van der Waals surface area contributed by atoms with Gasteiger partial charge in [0.1, 0.15) is 5.75 Å². The lowest BCUT2D eigenvalue weighted by Crippen LogP contribution is -2.00. The Labute approximate surface area is 112 Å². The number of rotatable bonds is 6. The number of nitrogens with zero attached hydrogens (tertiary/aromatic N) is 3. The van der Waals surface area contributed by atoms with Crippen LogP contribution in [0.4, 0.5) is 0 Å². The topological polar surface area (TPSA) is 39.9 Å². The van der Waals surface area contributed by atoms with E-state index in [0.29, 0.717) is 5.88 Å². The lowest BCUT2D eigenvalue weighted by atomic mass is 10.2. The maximum absolute atomic E-state index is 5.65. The normalized spacial score (nSPS) is 10.6. The molecule has 0 bridgehead atoms. The van der Waals surface area contributed by atoms with Crippen molar-refractivity contribution in [1.29, 1.82) is 0 Å². The van der Waals surface area contributed by atoms with E-state index >= 15 is 0 Å². The first-order valence-electron chi connectivity index (χ1n) is 5.89. The van der Waals surface area contributed by atoms with Crippen molar-refractivity contribution < 1.29 is 4.74 Å². The van der Waals surface area contributed by atoms with E-state index < -0.39 is 0 Å². The van der Waals surface area contributed by atoms with Crippen LogP contribution in [0.3, 0.4) is 0 Å². The molecule has 0 saturated heterocycles. The van der Waals surface area contributed by atoms with Gasteiger partial charge in [-0.25, -0.2) is 4.68 Å². The minimum atomic E-state index is 0.658. The standard InChI is InChI=1S/C13H16ClN3O/c1-18-13-6-4-11(5-7-13)9-17-10-12(15-16-17)3-2-8-14/h4-7,10H,2-3,8-9H2,1H3. The van der Waals surface area contributed by atoms with E-state index in [2.05, 4.69) is 10.3 Å². The molecule has 1 aromatic carbocycles. The van der Waals surface area contributed by atoms with E-state index in [-0.39, 0.29) is 0 Å². The van der Waals surface area contributed by atoms with Crippen molar-refractivity contribution in [3.63, 3.8) is 0 Å². The van der Waals surface area contributed by atoms with E-state index in [1.165, 1.54) is 5.56 Å². The van der Waals surface area contributed by atoms with Gasteiger partial charge in [-0.05, 0) is 30.5 Å². The zero-order valence-corrected chi connectivity index (χ0v) is 11.1. The summed E-state index contributed by atoms with van der Waals surface area (Å²) in [5.74, 6) is 1.52. The van der Waals surface area contributed by atoms with Crippen LogP contribution in [0.25, 0.3) is 0 Å². The molecule has 18 heavy (non-hydrogen) atoms. The molecule has 5 heteroatoms. The number of alkyl halides is 1. The first-order valence-corrected chi connectivity index (χ1v) is 6.43. The Kier molecular flexibility index (Phi) is 4.59. The number of aromatic nitrogens is 3. The highest BCUT2D eigenvalue weighted by Crippen LogP contribution is 2.12. The molecule has 4 nitrogen and oxygen atoms in total. The maximum Gasteiger partial charge on any atom is 0.118 e. The Hall–Kier alpha value is -1.55. The van der Waals surface area contributed by atoms with Crippen LogP contribution in [0.5, 0.6) is 5.75 Å². The lowest BCUT2D eigenvalue weighted by Gasteiger charge is -2.02. The monoisotopic (exact) mass is 265 g/mol. The zero-order chi connectivity index (χ0) is 12.8. The Balaban J connectivity index is 1.97. The first kappa shape index (κ1) is 12.9. The van der Waals surface area contributed by atoms with Crippen molar-refractivity contribution in [3.05, 3.63) is 41.7 Å². The summed E-state index contributed by atoms with van der Waals surface area (Å²) in [4.78, 5) is 0. The quantitative estimate of drug-likeness (QED) is 0.754. The third-order valence-corrected chi connectivity index (χ3v) is 2.92. The smallest absolute Gasteiger partial charge is 0.118 e. The fraction of sp³-hybridized carbons (Fsp3) is 0.385. The van der Waals surface area contributed by atoms with Crippen molar-refractivity contribution in [3.8, 4) is 5.75 Å². The van der Waals surface area contributed by atoms with Gasteiger partial charge in [-0.1, -0.05) is 17.3 Å². The number of hydrogen-bond donors (Lipinski definition) is 0. The molecule has 0 saturated carbocycles. The molecule has 1 aromatic heterocycles. The maximum atomic E-state index is 5.65. The van der Waals surface area contributed by atoms with Crippen molar-refractivity contribution in [2.24, 2.45) is 0 Å². The van der Waals surface area contributed by atoms with Crippen LogP contribution in [0.2, 0.25) is 0 Å². The molecule has 1 heterocycles. The second-order valence-electron chi connectivity index (χ2n) is 4.05. The Morgan fingerprint density at radius 3 is 2.72 bits per heavy atom. The zero-order valence-electron chi connectivity index (χ0n) is 10.3. The van der Waals surface area contributed by atoms with Gasteiger partial charge in [0, 0.05) is 12.1 Å². The second kappa shape index (κ2) is 6.40. The summed E-state index contributed by atoms with van der Waals surface area (Å²) in [7, 11) is 1.66. The number of aryl methyl sites for hydroxylation is 1.